The highest BCUT2D eigenvalue weighted by atomic mass is 16.6. The van der Waals surface area contributed by atoms with Crippen LogP contribution >= 0.6 is 0 Å². The molecule has 0 bridgehead atoms. The van der Waals surface area contributed by atoms with Gasteiger partial charge >= 0.3 is 11.9 Å². The SMILES string of the molecule is C/C=C(\C)C(=O)OC[C@]1(O)[C@H]2C[C@H]2[C@]2(C)[C@@H]3CC4=C5[C@H](C(=C(C)C)C(=O)[C@H](O)[C@@]5(C)[C@@H]5C[C@H]45)[C@@]34OC(=O)C(C)=C4C[C@@H]12. The molecule has 0 amide bonds. The fourth-order valence-electron chi connectivity index (χ4n) is 11.8. The summed E-state index contributed by atoms with van der Waals surface area (Å²) in [7, 11) is 0. The van der Waals surface area contributed by atoms with E-state index < -0.39 is 34.6 Å². The number of fused-ring (bicyclic) bond motifs is 7. The molecule has 0 aromatic carbocycles. The molecule has 8 rings (SSSR count). The fourth-order valence-corrected chi connectivity index (χ4v) is 11.8. The molecule has 0 aromatic heterocycles. The monoisotopic (exact) mass is 574 g/mol. The van der Waals surface area contributed by atoms with E-state index in [0.717, 1.165) is 36.0 Å². The predicted octanol–water partition coefficient (Wildman–Crippen LogP) is 4.38. The Morgan fingerprint density at radius 2 is 1.79 bits per heavy atom. The van der Waals surface area contributed by atoms with Crippen LogP contribution in [0.3, 0.4) is 0 Å². The summed E-state index contributed by atoms with van der Waals surface area (Å²) >= 11 is 0. The first kappa shape index (κ1) is 27.1. The molecule has 0 unspecified atom stereocenters. The lowest BCUT2D eigenvalue weighted by Crippen LogP contribution is -2.67. The number of hydrogen-bond donors (Lipinski definition) is 2. The average Bonchev–Trinajstić information content (AvgIpc) is 3.86. The summed E-state index contributed by atoms with van der Waals surface area (Å²) in [6.45, 7) is 13.5. The molecular weight excluding hydrogens is 532 g/mol. The van der Waals surface area contributed by atoms with E-state index in [-0.39, 0.29) is 53.4 Å². The molecule has 1 heterocycles. The van der Waals surface area contributed by atoms with Crippen LogP contribution in [-0.4, -0.2) is 51.8 Å². The Hall–Kier alpha value is -2.51. The lowest BCUT2D eigenvalue weighted by molar-refractivity contribution is -0.191. The summed E-state index contributed by atoms with van der Waals surface area (Å²) in [5.74, 6) is -0.936. The quantitative estimate of drug-likeness (QED) is 0.292. The van der Waals surface area contributed by atoms with Gasteiger partial charge in [0.25, 0.3) is 0 Å². The number of aliphatic hydroxyl groups is 2. The number of ether oxygens (including phenoxy) is 2. The van der Waals surface area contributed by atoms with Gasteiger partial charge in [-0.05, 0) is 101 Å². The maximum absolute atomic E-state index is 14.1. The van der Waals surface area contributed by atoms with Gasteiger partial charge in [0.1, 0.15) is 23.9 Å². The predicted molar refractivity (Wildman–Crippen MR) is 152 cm³/mol. The smallest absolute Gasteiger partial charge is 0.334 e. The molecule has 0 radical (unpaired) electrons. The van der Waals surface area contributed by atoms with E-state index in [2.05, 4.69) is 13.8 Å². The first-order valence-corrected chi connectivity index (χ1v) is 15.8. The van der Waals surface area contributed by atoms with E-state index in [1.807, 2.05) is 20.8 Å². The van der Waals surface area contributed by atoms with E-state index in [1.165, 1.54) is 5.57 Å². The topological polar surface area (TPSA) is 110 Å². The molecule has 1 aliphatic heterocycles. The normalized spacial score (nSPS) is 50.9. The Bertz CT molecular complexity index is 1540. The van der Waals surface area contributed by atoms with Gasteiger partial charge in [0, 0.05) is 34.0 Å². The van der Waals surface area contributed by atoms with Crippen molar-refractivity contribution < 1.29 is 34.1 Å². The molecule has 7 heteroatoms. The molecule has 2 N–H and O–H groups in total. The number of aliphatic hydroxyl groups excluding tert-OH is 1. The third kappa shape index (κ3) is 2.68. The zero-order valence-corrected chi connectivity index (χ0v) is 25.7. The number of ketones is 1. The number of carbonyl (C=O) groups is 3. The van der Waals surface area contributed by atoms with Crippen LogP contribution in [0.4, 0.5) is 0 Å². The van der Waals surface area contributed by atoms with Gasteiger partial charge in [-0.15, -0.1) is 0 Å². The minimum absolute atomic E-state index is 0.00863. The van der Waals surface area contributed by atoms with Gasteiger partial charge in [0.15, 0.2) is 5.78 Å². The molecule has 7 aliphatic carbocycles. The van der Waals surface area contributed by atoms with Crippen LogP contribution in [0.1, 0.15) is 74.1 Å². The van der Waals surface area contributed by atoms with Crippen LogP contribution in [0.5, 0.6) is 0 Å². The van der Waals surface area contributed by atoms with E-state index >= 15 is 0 Å². The van der Waals surface area contributed by atoms with Crippen LogP contribution in [0.15, 0.2) is 45.1 Å². The van der Waals surface area contributed by atoms with Gasteiger partial charge < -0.3 is 19.7 Å². The molecule has 7 nitrogen and oxygen atoms in total. The number of Topliss-reactive ketones (excluding diaryl/α,β-unsaturated/α-hetero) is 1. The van der Waals surface area contributed by atoms with E-state index in [9.17, 15) is 24.6 Å². The molecule has 224 valence electrons. The molecule has 0 saturated heterocycles. The second-order valence-corrected chi connectivity index (χ2v) is 15.4. The molecule has 5 fully saturated rings. The van der Waals surface area contributed by atoms with Gasteiger partial charge in [0.05, 0.1) is 5.92 Å². The van der Waals surface area contributed by atoms with Crippen molar-refractivity contribution in [3.63, 3.8) is 0 Å². The van der Waals surface area contributed by atoms with Crippen molar-refractivity contribution in [2.24, 2.45) is 52.3 Å². The van der Waals surface area contributed by atoms with Crippen molar-refractivity contribution in [1.82, 2.24) is 0 Å². The van der Waals surface area contributed by atoms with Gasteiger partial charge in [0.2, 0.25) is 0 Å². The van der Waals surface area contributed by atoms with Gasteiger partial charge in [-0.1, -0.05) is 31.1 Å². The number of hydrogen-bond acceptors (Lipinski definition) is 7. The first-order chi connectivity index (χ1) is 19.7. The molecular formula is C35H42O7. The van der Waals surface area contributed by atoms with Crippen molar-refractivity contribution in [1.29, 1.82) is 0 Å². The Balaban J connectivity index is 1.33. The van der Waals surface area contributed by atoms with Crippen molar-refractivity contribution in [3.05, 3.63) is 45.1 Å². The van der Waals surface area contributed by atoms with Crippen LogP contribution < -0.4 is 0 Å². The third-order valence-electron chi connectivity index (χ3n) is 13.9. The molecule has 12 atom stereocenters. The molecule has 1 spiro atoms. The third-order valence-corrected chi connectivity index (χ3v) is 13.9. The zero-order valence-electron chi connectivity index (χ0n) is 25.7. The van der Waals surface area contributed by atoms with E-state index in [0.29, 0.717) is 29.1 Å². The largest absolute Gasteiger partial charge is 0.459 e. The molecule has 5 saturated carbocycles. The number of carbonyl (C=O) groups excluding carboxylic acids is 3. The highest BCUT2D eigenvalue weighted by molar-refractivity contribution is 6.04. The summed E-state index contributed by atoms with van der Waals surface area (Å²) in [6, 6.07) is 0. The lowest BCUT2D eigenvalue weighted by atomic mass is 9.42. The Morgan fingerprint density at radius 1 is 1.07 bits per heavy atom. The summed E-state index contributed by atoms with van der Waals surface area (Å²) in [4.78, 5) is 40.4. The van der Waals surface area contributed by atoms with Crippen LogP contribution in [0.25, 0.3) is 0 Å². The van der Waals surface area contributed by atoms with Gasteiger partial charge in [-0.2, -0.15) is 0 Å². The standard InChI is InChI=1S/C35H42O7/c1-8-15(4)30(38)41-13-34(40)22-11-21(22)32(6)23(34)12-19-16(5)31(39)42-35(19)24(32)10-18-17-9-20(17)33(7)26(18)27(35)25(14(2)3)28(36)29(33)37/h8,17,20-24,27,29,37,40H,9-13H2,1-7H3/b15-8+/t17-,20-,21-,22+,23-,24+,27+,29+,32+,33+,34+,35+/m1/s1. The van der Waals surface area contributed by atoms with Crippen LogP contribution in [0, 0.1) is 52.3 Å². The fraction of sp³-hybridized carbons (Fsp3) is 0.686. The maximum atomic E-state index is 14.1. The second kappa shape index (κ2) is 7.76. The average molecular weight is 575 g/mol. The molecule has 8 aliphatic rings. The maximum Gasteiger partial charge on any atom is 0.334 e. The Morgan fingerprint density at radius 3 is 2.45 bits per heavy atom. The summed E-state index contributed by atoms with van der Waals surface area (Å²) < 4.78 is 12.4. The zero-order chi connectivity index (χ0) is 30.0. The number of allylic oxidation sites excluding steroid dienone is 3. The summed E-state index contributed by atoms with van der Waals surface area (Å²) in [5.41, 5.74) is 2.72. The molecule has 0 aromatic rings. The molecule has 42 heavy (non-hydrogen) atoms. The van der Waals surface area contributed by atoms with Crippen LogP contribution in [-0.2, 0) is 23.9 Å². The van der Waals surface area contributed by atoms with Crippen molar-refractivity contribution in [2.45, 2.75) is 91.5 Å². The van der Waals surface area contributed by atoms with Crippen molar-refractivity contribution in [2.75, 3.05) is 6.61 Å². The Kier molecular flexibility index (Phi) is 5.00. The van der Waals surface area contributed by atoms with Gasteiger partial charge in [-0.25, -0.2) is 9.59 Å². The Labute approximate surface area is 247 Å². The van der Waals surface area contributed by atoms with Crippen molar-refractivity contribution >= 4 is 17.7 Å². The lowest BCUT2D eigenvalue weighted by Gasteiger charge is -2.63. The van der Waals surface area contributed by atoms with Gasteiger partial charge in [-0.3, -0.25) is 4.79 Å². The van der Waals surface area contributed by atoms with Crippen LogP contribution in [0.2, 0.25) is 0 Å². The highest BCUT2D eigenvalue weighted by Crippen LogP contribution is 2.83. The second-order valence-electron chi connectivity index (χ2n) is 15.4. The van der Waals surface area contributed by atoms with E-state index in [1.54, 1.807) is 19.9 Å². The highest BCUT2D eigenvalue weighted by Gasteiger charge is 2.84. The summed E-state index contributed by atoms with van der Waals surface area (Å²) in [6.07, 6.45) is 3.65. The summed E-state index contributed by atoms with van der Waals surface area (Å²) in [5, 5.41) is 24.0. The number of rotatable bonds is 3. The minimum atomic E-state index is -1.20. The first-order valence-electron chi connectivity index (χ1n) is 15.8. The number of esters is 2. The van der Waals surface area contributed by atoms with Crippen molar-refractivity contribution in [3.8, 4) is 0 Å². The van der Waals surface area contributed by atoms with E-state index in [4.69, 9.17) is 9.47 Å². The minimum Gasteiger partial charge on any atom is -0.459 e.